The Morgan fingerprint density at radius 3 is 2.52 bits per heavy atom. The average molecular weight is 278 g/mol. The van der Waals surface area contributed by atoms with E-state index in [1.807, 2.05) is 42.5 Å². The highest BCUT2D eigenvalue weighted by atomic mass is 15.1. The van der Waals surface area contributed by atoms with Gasteiger partial charge < -0.3 is 10.3 Å². The molecule has 4 nitrogen and oxygen atoms in total. The third-order valence-electron chi connectivity index (χ3n) is 3.66. The van der Waals surface area contributed by atoms with Gasteiger partial charge in [-0.25, -0.2) is 4.98 Å². The first-order chi connectivity index (χ1) is 10.2. The molecule has 0 fully saturated rings. The predicted octanol–water partition coefficient (Wildman–Crippen LogP) is 2.93. The number of benzene rings is 2. The number of para-hydroxylation sites is 2. The molecule has 3 aromatic rings. The molecule has 1 aromatic heterocycles. The Bertz CT molecular complexity index is 784. The van der Waals surface area contributed by atoms with Gasteiger partial charge >= 0.3 is 0 Å². The Balaban J connectivity index is 1.99. The molecule has 4 heteroatoms. The van der Waals surface area contributed by atoms with Gasteiger partial charge in [-0.2, -0.15) is 0 Å². The Hall–Kier alpha value is -2.62. The van der Waals surface area contributed by atoms with Gasteiger partial charge in [0.1, 0.15) is 11.7 Å². The van der Waals surface area contributed by atoms with E-state index in [9.17, 15) is 0 Å². The molecule has 0 amide bonds. The van der Waals surface area contributed by atoms with Crippen molar-refractivity contribution in [3.8, 4) is 0 Å². The van der Waals surface area contributed by atoms with E-state index < -0.39 is 0 Å². The third-order valence-corrected chi connectivity index (χ3v) is 3.66. The number of aromatic nitrogens is 2. The third kappa shape index (κ3) is 2.52. The van der Waals surface area contributed by atoms with Gasteiger partial charge in [0.2, 0.25) is 0 Å². The van der Waals surface area contributed by atoms with E-state index in [-0.39, 0.29) is 5.84 Å². The monoisotopic (exact) mass is 278 g/mol. The van der Waals surface area contributed by atoms with Crippen molar-refractivity contribution in [1.29, 1.82) is 5.41 Å². The molecule has 0 atom stereocenters. The van der Waals surface area contributed by atoms with Crippen LogP contribution in [0.25, 0.3) is 11.0 Å². The van der Waals surface area contributed by atoms with Crippen molar-refractivity contribution >= 4 is 16.9 Å². The fourth-order valence-electron chi connectivity index (χ4n) is 2.54. The number of hydrogen-bond donors (Lipinski definition) is 2. The molecule has 0 aliphatic rings. The summed E-state index contributed by atoms with van der Waals surface area (Å²) in [6.45, 7) is 2.90. The van der Waals surface area contributed by atoms with Crippen molar-refractivity contribution in [3.05, 3.63) is 65.5 Å². The molecular formula is C17H18N4. The second-order valence-corrected chi connectivity index (χ2v) is 5.07. The van der Waals surface area contributed by atoms with Crippen LogP contribution < -0.4 is 5.73 Å². The summed E-state index contributed by atoms with van der Waals surface area (Å²) in [4.78, 5) is 4.68. The molecule has 0 radical (unpaired) electrons. The van der Waals surface area contributed by atoms with E-state index in [4.69, 9.17) is 11.1 Å². The normalized spacial score (nSPS) is 10.9. The maximum absolute atomic E-state index is 7.44. The summed E-state index contributed by atoms with van der Waals surface area (Å²) in [6.07, 6.45) is 0.903. The average Bonchev–Trinajstić information content (AvgIpc) is 2.86. The van der Waals surface area contributed by atoms with Gasteiger partial charge in [-0.05, 0) is 17.7 Å². The van der Waals surface area contributed by atoms with Gasteiger partial charge in [0.25, 0.3) is 0 Å². The molecule has 0 aliphatic carbocycles. The fraction of sp³-hybridized carbons (Fsp3) is 0.176. The first-order valence-electron chi connectivity index (χ1n) is 7.06. The molecule has 0 aliphatic heterocycles. The van der Waals surface area contributed by atoms with Crippen molar-refractivity contribution in [2.45, 2.75) is 19.9 Å². The highest BCUT2D eigenvalue weighted by Crippen LogP contribution is 2.18. The van der Waals surface area contributed by atoms with Crippen molar-refractivity contribution in [3.63, 3.8) is 0 Å². The van der Waals surface area contributed by atoms with Crippen LogP contribution in [0.1, 0.15) is 23.9 Å². The standard InChI is InChI=1S/C17H18N4/c1-2-16-20-14-5-3-4-6-15(14)21(16)11-12-7-9-13(10-8-12)17(18)19/h3-10H,2,11H2,1H3,(H3,18,19). The number of hydrogen-bond acceptors (Lipinski definition) is 2. The number of nitrogen functional groups attached to an aromatic ring is 1. The lowest BCUT2D eigenvalue weighted by Gasteiger charge is -2.09. The Morgan fingerprint density at radius 2 is 1.86 bits per heavy atom. The van der Waals surface area contributed by atoms with Crippen LogP contribution in [0.4, 0.5) is 0 Å². The molecule has 0 saturated carbocycles. The van der Waals surface area contributed by atoms with Gasteiger partial charge in [-0.3, -0.25) is 5.41 Å². The van der Waals surface area contributed by atoms with Crippen molar-refractivity contribution in [1.82, 2.24) is 9.55 Å². The molecule has 0 spiro atoms. The minimum atomic E-state index is 0.101. The van der Waals surface area contributed by atoms with Crippen molar-refractivity contribution in [2.24, 2.45) is 5.73 Å². The highest BCUT2D eigenvalue weighted by molar-refractivity contribution is 5.94. The largest absolute Gasteiger partial charge is 0.384 e. The van der Waals surface area contributed by atoms with E-state index in [1.165, 1.54) is 5.56 Å². The Labute approximate surface area is 123 Å². The van der Waals surface area contributed by atoms with E-state index in [1.54, 1.807) is 0 Å². The number of amidine groups is 1. The van der Waals surface area contributed by atoms with Crippen LogP contribution in [0.5, 0.6) is 0 Å². The maximum atomic E-state index is 7.44. The number of imidazole rings is 1. The number of nitrogens with two attached hydrogens (primary N) is 1. The van der Waals surface area contributed by atoms with Crippen molar-refractivity contribution in [2.75, 3.05) is 0 Å². The van der Waals surface area contributed by atoms with E-state index >= 15 is 0 Å². The van der Waals surface area contributed by atoms with Gasteiger partial charge in [-0.1, -0.05) is 43.3 Å². The fourth-order valence-corrected chi connectivity index (χ4v) is 2.54. The summed E-state index contributed by atoms with van der Waals surface area (Å²) >= 11 is 0. The second kappa shape index (κ2) is 5.40. The van der Waals surface area contributed by atoms with Crippen LogP contribution in [0.3, 0.4) is 0 Å². The smallest absolute Gasteiger partial charge is 0.122 e. The number of nitrogens with zero attached hydrogens (tertiary/aromatic N) is 2. The summed E-state index contributed by atoms with van der Waals surface area (Å²) in [7, 11) is 0. The number of fused-ring (bicyclic) bond motifs is 1. The quantitative estimate of drug-likeness (QED) is 0.569. The number of rotatable bonds is 4. The molecule has 106 valence electrons. The Morgan fingerprint density at radius 1 is 1.14 bits per heavy atom. The van der Waals surface area contributed by atoms with E-state index in [2.05, 4.69) is 22.5 Å². The predicted molar refractivity (Wildman–Crippen MR) is 85.7 cm³/mol. The van der Waals surface area contributed by atoms with Crippen LogP contribution >= 0.6 is 0 Å². The molecule has 1 heterocycles. The van der Waals surface area contributed by atoms with Crippen LogP contribution in [0, 0.1) is 5.41 Å². The van der Waals surface area contributed by atoms with Gasteiger partial charge in [0, 0.05) is 18.5 Å². The molecule has 21 heavy (non-hydrogen) atoms. The first kappa shape index (κ1) is 13.4. The summed E-state index contributed by atoms with van der Waals surface area (Å²) in [5.74, 6) is 1.19. The lowest BCUT2D eigenvalue weighted by molar-refractivity contribution is 0.753. The van der Waals surface area contributed by atoms with E-state index in [0.29, 0.717) is 0 Å². The van der Waals surface area contributed by atoms with Crippen LogP contribution in [0.2, 0.25) is 0 Å². The van der Waals surface area contributed by atoms with E-state index in [0.717, 1.165) is 35.4 Å². The number of aryl methyl sites for hydroxylation is 1. The van der Waals surface area contributed by atoms with Crippen LogP contribution in [0.15, 0.2) is 48.5 Å². The minimum absolute atomic E-state index is 0.101. The molecule has 0 bridgehead atoms. The number of nitrogens with one attached hydrogen (secondary N) is 1. The van der Waals surface area contributed by atoms with Crippen LogP contribution in [-0.2, 0) is 13.0 Å². The molecule has 0 saturated heterocycles. The maximum Gasteiger partial charge on any atom is 0.122 e. The lowest BCUT2D eigenvalue weighted by Crippen LogP contribution is -2.11. The van der Waals surface area contributed by atoms with Crippen molar-refractivity contribution < 1.29 is 0 Å². The zero-order valence-electron chi connectivity index (χ0n) is 12.0. The zero-order chi connectivity index (χ0) is 14.8. The molecule has 0 unspecified atom stereocenters. The lowest BCUT2D eigenvalue weighted by atomic mass is 10.1. The summed E-state index contributed by atoms with van der Waals surface area (Å²) in [6, 6.07) is 16.0. The van der Waals surface area contributed by atoms with Gasteiger partial charge in [0.15, 0.2) is 0 Å². The van der Waals surface area contributed by atoms with Crippen LogP contribution in [-0.4, -0.2) is 15.4 Å². The molecule has 3 N–H and O–H groups in total. The molecular weight excluding hydrogens is 260 g/mol. The highest BCUT2D eigenvalue weighted by Gasteiger charge is 2.09. The minimum Gasteiger partial charge on any atom is -0.384 e. The second-order valence-electron chi connectivity index (χ2n) is 5.07. The summed E-state index contributed by atoms with van der Waals surface area (Å²) < 4.78 is 2.25. The SMILES string of the molecule is CCc1nc2ccccc2n1Cc1ccc(C(=N)N)cc1. The molecule has 2 aromatic carbocycles. The van der Waals surface area contributed by atoms with Gasteiger partial charge in [0.05, 0.1) is 11.0 Å². The van der Waals surface area contributed by atoms with Gasteiger partial charge in [-0.15, -0.1) is 0 Å². The zero-order valence-corrected chi connectivity index (χ0v) is 12.0. The molecule has 3 rings (SSSR count). The summed E-state index contributed by atoms with van der Waals surface area (Å²) in [5, 5.41) is 7.44. The first-order valence-corrected chi connectivity index (χ1v) is 7.06. The Kier molecular flexibility index (Phi) is 3.44. The summed E-state index contributed by atoms with van der Waals surface area (Å²) in [5.41, 5.74) is 9.62. The topological polar surface area (TPSA) is 67.7 Å².